The third-order valence-corrected chi connectivity index (χ3v) is 13.9. The first-order chi connectivity index (χ1) is 27.9. The van der Waals surface area contributed by atoms with Crippen molar-refractivity contribution in [3.63, 3.8) is 0 Å². The molecule has 330 valence electrons. The Hall–Kier alpha value is -3.50. The maximum atomic E-state index is 13.7. The van der Waals surface area contributed by atoms with Crippen molar-refractivity contribution >= 4 is 59.0 Å². The molecule has 6 amide bonds. The van der Waals surface area contributed by atoms with E-state index in [0.29, 0.717) is 56.0 Å². The van der Waals surface area contributed by atoms with Crippen LogP contribution in [0.1, 0.15) is 72.9 Å². The van der Waals surface area contributed by atoms with Crippen molar-refractivity contribution in [2.45, 2.75) is 127 Å². The molecule has 4 aliphatic rings. The van der Waals surface area contributed by atoms with Gasteiger partial charge < -0.3 is 51.6 Å². The van der Waals surface area contributed by atoms with Crippen molar-refractivity contribution in [2.75, 3.05) is 51.5 Å². The summed E-state index contributed by atoms with van der Waals surface area (Å²) in [5.74, 6) is -0.265. The quantitative estimate of drug-likeness (QED) is 0.0986. The molecule has 5 heterocycles. The van der Waals surface area contributed by atoms with E-state index < -0.39 is 53.0 Å². The maximum Gasteiger partial charge on any atom is 0.246 e. The lowest BCUT2D eigenvalue weighted by atomic mass is 9.84. The first-order valence-corrected chi connectivity index (χ1v) is 22.6. The van der Waals surface area contributed by atoms with Crippen LogP contribution in [0.3, 0.4) is 0 Å². The molecule has 0 spiro atoms. The Bertz CT molecular complexity index is 1680. The van der Waals surface area contributed by atoms with E-state index in [9.17, 15) is 28.8 Å². The SMILES string of the molecule is CN[C@@H](C)C(=O)N[C@H]1CCSC2CC(C)(C)[C@@H](C(=O)NCCOCc3cn(CCOCCNC(=O)[C@H]4N5C(=O)[C@@H](NC(=O)[C@H](C)N)CCSC5CC4(C)C)nn3)N2C1=O. The van der Waals surface area contributed by atoms with Crippen LogP contribution in [0.4, 0.5) is 0 Å². The summed E-state index contributed by atoms with van der Waals surface area (Å²) in [5.41, 5.74) is 5.41. The van der Waals surface area contributed by atoms with Gasteiger partial charge in [0.05, 0.1) is 62.0 Å². The molecule has 0 aromatic carbocycles. The molecule has 0 bridgehead atoms. The molecule has 0 saturated carbocycles. The van der Waals surface area contributed by atoms with E-state index in [1.165, 1.54) is 0 Å². The first kappa shape index (κ1) is 46.6. The topological polar surface area (TPSA) is 244 Å². The number of carbonyl (C=O) groups is 6. The summed E-state index contributed by atoms with van der Waals surface area (Å²) in [6, 6.07) is -3.97. The Morgan fingerprint density at radius 1 is 0.831 bits per heavy atom. The molecule has 7 N–H and O–H groups in total. The van der Waals surface area contributed by atoms with Crippen LogP contribution < -0.4 is 32.3 Å². The van der Waals surface area contributed by atoms with Gasteiger partial charge in [-0.3, -0.25) is 28.8 Å². The van der Waals surface area contributed by atoms with Gasteiger partial charge in [-0.15, -0.1) is 28.6 Å². The Morgan fingerprint density at radius 3 is 1.85 bits per heavy atom. The number of likely N-dealkylation sites (N-methyl/N-ethyl adjacent to an activating group) is 1. The number of hydrogen-bond donors (Lipinski definition) is 6. The van der Waals surface area contributed by atoms with Crippen molar-refractivity contribution in [3.8, 4) is 0 Å². The lowest BCUT2D eigenvalue weighted by Crippen LogP contribution is -2.58. The highest BCUT2D eigenvalue weighted by Crippen LogP contribution is 2.47. The van der Waals surface area contributed by atoms with Crippen molar-refractivity contribution in [1.82, 2.24) is 51.4 Å². The zero-order valence-corrected chi connectivity index (χ0v) is 36.9. The molecule has 1 aromatic heterocycles. The zero-order chi connectivity index (χ0) is 43.1. The summed E-state index contributed by atoms with van der Waals surface area (Å²) in [6.07, 6.45) is 4.06. The van der Waals surface area contributed by atoms with Crippen molar-refractivity contribution < 1.29 is 38.2 Å². The molecule has 0 radical (unpaired) electrons. The molecule has 1 aromatic rings. The van der Waals surface area contributed by atoms with E-state index in [1.807, 2.05) is 27.7 Å². The highest BCUT2D eigenvalue weighted by molar-refractivity contribution is 8.00. The van der Waals surface area contributed by atoms with Gasteiger partial charge in [0.2, 0.25) is 35.4 Å². The number of ether oxygens (including phenoxy) is 2. The molecule has 5 rings (SSSR count). The van der Waals surface area contributed by atoms with E-state index in [4.69, 9.17) is 15.2 Å². The molecule has 4 saturated heterocycles. The van der Waals surface area contributed by atoms with Crippen molar-refractivity contribution in [2.24, 2.45) is 16.6 Å². The second kappa shape index (κ2) is 20.4. The normalized spacial score (nSPS) is 27.2. The third-order valence-electron chi connectivity index (χ3n) is 11.4. The summed E-state index contributed by atoms with van der Waals surface area (Å²) in [5, 5.41) is 22.4. The molecule has 19 nitrogen and oxygen atoms in total. The maximum absolute atomic E-state index is 13.7. The summed E-state index contributed by atoms with van der Waals surface area (Å²) in [7, 11) is 1.69. The van der Waals surface area contributed by atoms with Gasteiger partial charge >= 0.3 is 0 Å². The van der Waals surface area contributed by atoms with Crippen molar-refractivity contribution in [3.05, 3.63) is 11.9 Å². The number of carbonyl (C=O) groups excluding carboxylic acids is 6. The van der Waals surface area contributed by atoms with E-state index in [-0.39, 0.29) is 73.2 Å². The predicted molar refractivity (Wildman–Crippen MR) is 222 cm³/mol. The second-order valence-electron chi connectivity index (χ2n) is 17.1. The minimum absolute atomic E-state index is 0.144. The molecule has 21 heteroatoms. The summed E-state index contributed by atoms with van der Waals surface area (Å²) >= 11 is 3.28. The lowest BCUT2D eigenvalue weighted by molar-refractivity contribution is -0.143. The molecule has 4 fully saturated rings. The summed E-state index contributed by atoms with van der Waals surface area (Å²) < 4.78 is 13.2. The molecule has 2 unspecified atom stereocenters. The van der Waals surface area contributed by atoms with Gasteiger partial charge in [0.25, 0.3) is 0 Å². The Kier molecular flexibility index (Phi) is 16.1. The van der Waals surface area contributed by atoms with Gasteiger partial charge in [-0.05, 0) is 68.9 Å². The second-order valence-corrected chi connectivity index (χ2v) is 19.6. The van der Waals surface area contributed by atoms with Crippen LogP contribution in [-0.4, -0.2) is 159 Å². The van der Waals surface area contributed by atoms with Crippen LogP contribution in [0, 0.1) is 10.8 Å². The van der Waals surface area contributed by atoms with Gasteiger partial charge in [0, 0.05) is 13.1 Å². The van der Waals surface area contributed by atoms with Crippen molar-refractivity contribution in [1.29, 1.82) is 0 Å². The van der Waals surface area contributed by atoms with Gasteiger partial charge in [0.1, 0.15) is 29.9 Å². The predicted octanol–water partition coefficient (Wildman–Crippen LogP) is -0.851. The first-order valence-electron chi connectivity index (χ1n) is 20.5. The van der Waals surface area contributed by atoms with E-state index in [2.05, 4.69) is 36.9 Å². The number of nitrogens with two attached hydrogens (primary N) is 1. The standard InChI is InChI=1S/C38H63N11O8S2/c1-22(39)31(50)43-25-8-16-58-27-18-37(3,4)29(48(27)35(25)54)33(52)41-10-13-56-15-12-47-20-24(45-46-47)21-57-14-11-42-34(53)30-38(5,6)19-28-49(30)36(55)26(9-17-59-28)44-32(51)23(2)40-7/h20,22-23,25-30,40H,8-19,21,39H2,1-7H3,(H,41,52)(H,42,53)(H,43,50)(H,44,51)/t22-,23-,25-,26-,27?,28?,29+,30+/m0/s1. The van der Waals surface area contributed by atoms with E-state index in [0.717, 1.165) is 0 Å². The largest absolute Gasteiger partial charge is 0.378 e. The summed E-state index contributed by atoms with van der Waals surface area (Å²) in [4.78, 5) is 82.6. The average Bonchev–Trinajstić information content (AvgIpc) is 3.77. The fraction of sp³-hybridized carbons (Fsp3) is 0.789. The molecule has 8 atom stereocenters. The fourth-order valence-electron chi connectivity index (χ4n) is 8.07. The number of nitrogens with one attached hydrogen (secondary N) is 5. The smallest absolute Gasteiger partial charge is 0.246 e. The number of thioether (sulfide) groups is 2. The molecule has 0 aliphatic carbocycles. The van der Waals surface area contributed by atoms with E-state index >= 15 is 0 Å². The number of fused-ring (bicyclic) bond motifs is 2. The molecular formula is C38H63N11O8S2. The number of amides is 6. The van der Waals surface area contributed by atoms with Crippen LogP contribution in [0.5, 0.6) is 0 Å². The Balaban J connectivity index is 0.998. The van der Waals surface area contributed by atoms with Crippen LogP contribution in [0.2, 0.25) is 0 Å². The van der Waals surface area contributed by atoms with Crippen LogP contribution >= 0.6 is 23.5 Å². The third kappa shape index (κ3) is 11.5. The highest BCUT2D eigenvalue weighted by Gasteiger charge is 2.55. The Labute approximate surface area is 354 Å². The number of hydrogen-bond acceptors (Lipinski definition) is 14. The number of aromatic nitrogens is 3. The lowest BCUT2D eigenvalue weighted by Gasteiger charge is -2.34. The Morgan fingerprint density at radius 2 is 1.34 bits per heavy atom. The molecular weight excluding hydrogens is 803 g/mol. The minimum atomic E-state index is -0.743. The number of rotatable bonds is 18. The highest BCUT2D eigenvalue weighted by atomic mass is 32.2. The average molecular weight is 866 g/mol. The van der Waals surface area contributed by atoms with Crippen LogP contribution in [-0.2, 0) is 51.4 Å². The van der Waals surface area contributed by atoms with E-state index in [1.54, 1.807) is 65.1 Å². The molecule has 4 aliphatic heterocycles. The van der Waals surface area contributed by atoms with Crippen LogP contribution in [0.15, 0.2) is 6.20 Å². The minimum Gasteiger partial charge on any atom is -0.378 e. The van der Waals surface area contributed by atoms with Gasteiger partial charge in [-0.25, -0.2) is 4.68 Å². The van der Waals surface area contributed by atoms with Gasteiger partial charge in [-0.1, -0.05) is 32.9 Å². The summed E-state index contributed by atoms with van der Waals surface area (Å²) in [6.45, 7) is 13.2. The zero-order valence-electron chi connectivity index (χ0n) is 35.3. The van der Waals surface area contributed by atoms with Crippen LogP contribution in [0.25, 0.3) is 0 Å². The molecule has 59 heavy (non-hydrogen) atoms. The fourth-order valence-corrected chi connectivity index (χ4v) is 11.2. The van der Waals surface area contributed by atoms with Gasteiger partial charge in [-0.2, -0.15) is 0 Å². The monoisotopic (exact) mass is 865 g/mol. The number of nitrogens with zero attached hydrogens (tertiary/aromatic N) is 5. The van der Waals surface area contributed by atoms with Gasteiger partial charge in [0.15, 0.2) is 0 Å².